The van der Waals surface area contributed by atoms with Gasteiger partial charge >= 0.3 is 18.4 Å². The summed E-state index contributed by atoms with van der Waals surface area (Å²) in [5, 5.41) is 3.96. The van der Waals surface area contributed by atoms with Crippen LogP contribution in [0.2, 0.25) is 0 Å². The number of morpholine rings is 1. The summed E-state index contributed by atoms with van der Waals surface area (Å²) in [7, 11) is 0. The molecule has 2 saturated heterocycles. The van der Waals surface area contributed by atoms with E-state index in [-0.39, 0.29) is 24.8 Å². The van der Waals surface area contributed by atoms with Gasteiger partial charge < -0.3 is 18.9 Å². The predicted octanol–water partition coefficient (Wildman–Crippen LogP) is 6.48. The maximum atomic E-state index is 13.5. The van der Waals surface area contributed by atoms with Crippen LogP contribution in [0.3, 0.4) is 0 Å². The number of aryl methyl sites for hydroxylation is 2. The van der Waals surface area contributed by atoms with E-state index in [0.29, 0.717) is 59.4 Å². The molecule has 4 heterocycles. The number of anilines is 1. The van der Waals surface area contributed by atoms with Crippen molar-refractivity contribution in [1.82, 2.24) is 20.0 Å². The molecule has 1 aromatic carbocycles. The van der Waals surface area contributed by atoms with E-state index in [9.17, 15) is 31.1 Å². The average molecular weight is 614 g/mol. The van der Waals surface area contributed by atoms with Crippen molar-refractivity contribution in [3.05, 3.63) is 58.2 Å². The third-order valence-electron chi connectivity index (χ3n) is 7.48. The minimum absolute atomic E-state index is 0.0368. The van der Waals surface area contributed by atoms with Gasteiger partial charge in [-0.1, -0.05) is 5.16 Å². The molecule has 0 N–H and O–H groups in total. The van der Waals surface area contributed by atoms with E-state index in [0.717, 1.165) is 0 Å². The summed E-state index contributed by atoms with van der Waals surface area (Å²) in [4.78, 5) is 25.7. The molecule has 2 unspecified atom stereocenters. The van der Waals surface area contributed by atoms with Gasteiger partial charge in [0.25, 0.3) is 0 Å². The Bertz CT molecular complexity index is 1460. The highest BCUT2D eigenvalue weighted by atomic mass is 19.4. The maximum absolute atomic E-state index is 13.5. The number of hydrogen-bond donors (Lipinski definition) is 0. The zero-order valence-corrected chi connectivity index (χ0v) is 23.9. The first-order chi connectivity index (χ1) is 20.0. The number of nitrogens with zero attached hydrogens (tertiary/aromatic N) is 5. The van der Waals surface area contributed by atoms with Crippen molar-refractivity contribution in [3.8, 4) is 11.3 Å². The van der Waals surface area contributed by atoms with E-state index >= 15 is 0 Å². The van der Waals surface area contributed by atoms with Crippen molar-refractivity contribution in [3.63, 3.8) is 0 Å². The number of benzene rings is 1. The number of carbonyl (C=O) groups excluding carboxylic acids is 1. The van der Waals surface area contributed by atoms with Crippen molar-refractivity contribution in [1.29, 1.82) is 0 Å². The molecule has 2 aromatic heterocycles. The van der Waals surface area contributed by atoms with Crippen molar-refractivity contribution in [2.45, 2.75) is 77.9 Å². The molecule has 1 amide bonds. The van der Waals surface area contributed by atoms with E-state index < -0.39 is 47.3 Å². The number of amides is 1. The quantitative estimate of drug-likeness (QED) is 0.302. The zero-order chi connectivity index (χ0) is 31.4. The second-order valence-electron chi connectivity index (χ2n) is 10.9. The molecule has 4 atom stereocenters. The summed E-state index contributed by atoms with van der Waals surface area (Å²) in [5.41, 5.74) is -1.44. The average Bonchev–Trinajstić information content (AvgIpc) is 3.39. The van der Waals surface area contributed by atoms with Crippen molar-refractivity contribution in [2.75, 3.05) is 18.0 Å². The third kappa shape index (κ3) is 6.12. The lowest BCUT2D eigenvalue weighted by Gasteiger charge is -2.37. The zero-order valence-electron chi connectivity index (χ0n) is 23.9. The van der Waals surface area contributed by atoms with Gasteiger partial charge in [-0.05, 0) is 58.4 Å². The van der Waals surface area contributed by atoms with Crippen LogP contribution < -0.4 is 4.90 Å². The Hall–Kier alpha value is -3.88. The van der Waals surface area contributed by atoms with E-state index in [2.05, 4.69) is 10.1 Å². The molecule has 0 radical (unpaired) electrons. The molecule has 0 aliphatic carbocycles. The third-order valence-corrected chi connectivity index (χ3v) is 7.48. The van der Waals surface area contributed by atoms with Crippen LogP contribution in [0, 0.1) is 13.8 Å². The Morgan fingerprint density at radius 1 is 0.953 bits per heavy atom. The van der Waals surface area contributed by atoms with E-state index in [1.54, 1.807) is 20.0 Å². The highest BCUT2D eigenvalue weighted by Crippen LogP contribution is 2.41. The fourth-order valence-electron chi connectivity index (χ4n) is 5.58. The molecule has 15 heteroatoms. The van der Waals surface area contributed by atoms with Crippen LogP contribution in [0.15, 0.2) is 28.9 Å². The lowest BCUT2D eigenvalue weighted by Crippen LogP contribution is -2.46. The minimum Gasteiger partial charge on any atom is -0.439 e. The van der Waals surface area contributed by atoms with Gasteiger partial charge in [0.15, 0.2) is 5.82 Å². The summed E-state index contributed by atoms with van der Waals surface area (Å²) in [5.74, 6) is 0.956. The predicted molar refractivity (Wildman–Crippen MR) is 140 cm³/mol. The lowest BCUT2D eigenvalue weighted by molar-refractivity contribution is -0.143. The van der Waals surface area contributed by atoms with E-state index in [1.807, 2.05) is 18.7 Å². The second-order valence-corrected chi connectivity index (χ2v) is 10.9. The lowest BCUT2D eigenvalue weighted by atomic mass is 9.97. The Morgan fingerprint density at radius 2 is 1.56 bits per heavy atom. The Morgan fingerprint density at radius 3 is 2.09 bits per heavy atom. The van der Waals surface area contributed by atoms with Crippen molar-refractivity contribution >= 4 is 11.9 Å². The molecule has 43 heavy (non-hydrogen) atoms. The standard InChI is InChI=1S/C28H29F6N5O4/c1-13-10-38(11-14(2)41-13)25-22(36-21(9-35-25)23-15(3)37-43-17(23)5)12-39-16(4)24(42-26(39)40)18-6-19(27(29,30)31)8-20(7-18)28(32,33)34/h6-9,13-14,16,24H,10-12H2,1-5H3/t13?,14?,16-,24+/m0/s1. The van der Waals surface area contributed by atoms with E-state index in [1.165, 1.54) is 11.8 Å². The molecule has 0 saturated carbocycles. The molecular formula is C28H29F6N5O4. The monoisotopic (exact) mass is 613 g/mol. The van der Waals surface area contributed by atoms with Crippen LogP contribution in [0.1, 0.15) is 60.7 Å². The molecule has 2 aliphatic heterocycles. The minimum atomic E-state index is -5.04. The summed E-state index contributed by atoms with van der Waals surface area (Å²) in [6, 6.07) is 0.242. The Labute approximate surface area is 242 Å². The number of ether oxygens (including phenoxy) is 2. The van der Waals surface area contributed by atoms with Gasteiger partial charge in [0.2, 0.25) is 0 Å². The first kappa shape index (κ1) is 30.6. The molecular weight excluding hydrogens is 584 g/mol. The Balaban J connectivity index is 1.53. The van der Waals surface area contributed by atoms with Gasteiger partial charge in [0.1, 0.15) is 17.6 Å². The first-order valence-corrected chi connectivity index (χ1v) is 13.5. The SMILES string of the molecule is Cc1noc(C)c1-c1cnc(N2CC(C)OC(C)C2)c(CN2C(=O)O[C@@H](c3cc(C(F)(F)F)cc(C(F)(F)F)c3)[C@@H]2C)n1. The number of rotatable bonds is 5. The van der Waals surface area contributed by atoms with Crippen LogP contribution in [0.25, 0.3) is 11.3 Å². The van der Waals surface area contributed by atoms with Crippen LogP contribution in [-0.4, -0.2) is 57.5 Å². The van der Waals surface area contributed by atoms with Gasteiger partial charge in [0.05, 0.1) is 59.1 Å². The highest BCUT2D eigenvalue weighted by Gasteiger charge is 2.44. The first-order valence-electron chi connectivity index (χ1n) is 13.5. The maximum Gasteiger partial charge on any atom is 0.416 e. The number of cyclic esters (lactones) is 1. The molecule has 2 fully saturated rings. The molecule has 0 bridgehead atoms. The summed E-state index contributed by atoms with van der Waals surface area (Å²) >= 11 is 0. The van der Waals surface area contributed by atoms with Crippen LogP contribution >= 0.6 is 0 Å². The number of alkyl halides is 6. The van der Waals surface area contributed by atoms with Crippen LogP contribution in [-0.2, 0) is 28.4 Å². The van der Waals surface area contributed by atoms with Gasteiger partial charge in [0, 0.05) is 13.1 Å². The van der Waals surface area contributed by atoms with Crippen molar-refractivity contribution in [2.24, 2.45) is 0 Å². The van der Waals surface area contributed by atoms with Gasteiger partial charge in [-0.2, -0.15) is 26.3 Å². The summed E-state index contributed by atoms with van der Waals surface area (Å²) < 4.78 is 97.6. The van der Waals surface area contributed by atoms with Gasteiger partial charge in [-0.15, -0.1) is 0 Å². The molecule has 232 valence electrons. The molecule has 9 nitrogen and oxygen atoms in total. The molecule has 3 aromatic rings. The molecule has 0 spiro atoms. The fraction of sp³-hybridized carbons (Fsp3) is 0.500. The number of halogens is 6. The number of carbonyl (C=O) groups is 1. The number of aromatic nitrogens is 3. The largest absolute Gasteiger partial charge is 0.439 e. The Kier molecular flexibility index (Phi) is 7.82. The van der Waals surface area contributed by atoms with Gasteiger partial charge in [-0.25, -0.2) is 14.8 Å². The second kappa shape index (κ2) is 11.0. The normalized spacial score (nSPS) is 23.2. The summed E-state index contributed by atoms with van der Waals surface area (Å²) in [6.07, 6.45) is -11.1. The molecule has 2 aliphatic rings. The smallest absolute Gasteiger partial charge is 0.416 e. The van der Waals surface area contributed by atoms with Crippen molar-refractivity contribution < 1.29 is 45.1 Å². The number of hydrogen-bond acceptors (Lipinski definition) is 8. The topological polar surface area (TPSA) is 93.8 Å². The van der Waals surface area contributed by atoms with Crippen LogP contribution in [0.4, 0.5) is 37.0 Å². The van der Waals surface area contributed by atoms with Gasteiger partial charge in [-0.3, -0.25) is 4.90 Å². The highest BCUT2D eigenvalue weighted by molar-refractivity contribution is 5.72. The molecule has 5 rings (SSSR count). The van der Waals surface area contributed by atoms with Crippen LogP contribution in [0.5, 0.6) is 0 Å². The fourth-order valence-corrected chi connectivity index (χ4v) is 5.58. The van der Waals surface area contributed by atoms with E-state index in [4.69, 9.17) is 19.0 Å². The summed E-state index contributed by atoms with van der Waals surface area (Å²) in [6.45, 7) is 9.53.